The zero-order valence-electron chi connectivity index (χ0n) is 19.3. The maximum absolute atomic E-state index is 14.3. The molecule has 2 fully saturated rings. The molecule has 0 spiro atoms. The number of anilines is 3. The van der Waals surface area contributed by atoms with Crippen molar-refractivity contribution in [3.05, 3.63) is 48.3 Å². The molecule has 1 saturated heterocycles. The van der Waals surface area contributed by atoms with E-state index in [1.54, 1.807) is 17.0 Å². The highest BCUT2D eigenvalue weighted by molar-refractivity contribution is 6.04. The number of amides is 3. The molecule has 2 N–H and O–H groups in total. The van der Waals surface area contributed by atoms with Crippen molar-refractivity contribution in [2.75, 3.05) is 28.7 Å². The standard InChI is InChI=1S/C26H30FN3O4/c1-2-34-23-11-7-6-10-22(23)30-16-18(14-24(30)31)26(33)28-19-12-13-20(27)21(15-19)29-25(32)17-8-4-3-5-9-17/h6-7,10-13,15,17-18H,2-5,8-9,14,16H2,1H3,(H,28,33)(H,29,32). The van der Waals surface area contributed by atoms with Crippen LogP contribution in [-0.4, -0.2) is 30.9 Å². The summed E-state index contributed by atoms with van der Waals surface area (Å²) in [6.45, 7) is 2.56. The number of hydrogen-bond donors (Lipinski definition) is 2. The summed E-state index contributed by atoms with van der Waals surface area (Å²) in [5, 5.41) is 5.44. The normalized spacial score (nSPS) is 18.6. The molecular weight excluding hydrogens is 437 g/mol. The lowest BCUT2D eigenvalue weighted by Gasteiger charge is -2.21. The van der Waals surface area contributed by atoms with Crippen LogP contribution in [0.1, 0.15) is 45.4 Å². The SMILES string of the molecule is CCOc1ccccc1N1CC(C(=O)Nc2ccc(F)c(NC(=O)C3CCCCC3)c2)CC1=O. The van der Waals surface area contributed by atoms with Gasteiger partial charge in [0.15, 0.2) is 0 Å². The Bertz CT molecular complexity index is 1070. The Balaban J connectivity index is 1.41. The van der Waals surface area contributed by atoms with Crippen LogP contribution in [0.2, 0.25) is 0 Å². The van der Waals surface area contributed by atoms with Crippen molar-refractivity contribution in [2.24, 2.45) is 11.8 Å². The molecule has 1 saturated carbocycles. The molecule has 2 aromatic carbocycles. The van der Waals surface area contributed by atoms with Crippen molar-refractivity contribution in [1.29, 1.82) is 0 Å². The maximum Gasteiger partial charge on any atom is 0.229 e. The highest BCUT2D eigenvalue weighted by Crippen LogP contribution is 2.33. The first kappa shape index (κ1) is 23.7. The molecule has 0 radical (unpaired) electrons. The van der Waals surface area contributed by atoms with Gasteiger partial charge in [0.05, 0.1) is 23.9 Å². The molecule has 7 nitrogen and oxygen atoms in total. The van der Waals surface area contributed by atoms with E-state index in [-0.39, 0.29) is 42.3 Å². The zero-order chi connectivity index (χ0) is 24.1. The first-order valence-electron chi connectivity index (χ1n) is 11.9. The van der Waals surface area contributed by atoms with Gasteiger partial charge in [0.2, 0.25) is 17.7 Å². The van der Waals surface area contributed by atoms with Crippen LogP contribution in [-0.2, 0) is 14.4 Å². The monoisotopic (exact) mass is 467 g/mol. The van der Waals surface area contributed by atoms with E-state index < -0.39 is 11.7 Å². The second-order valence-electron chi connectivity index (χ2n) is 8.81. The van der Waals surface area contributed by atoms with Crippen molar-refractivity contribution >= 4 is 34.8 Å². The molecule has 4 rings (SSSR count). The molecule has 1 atom stereocenters. The van der Waals surface area contributed by atoms with Gasteiger partial charge in [-0.05, 0) is 50.1 Å². The van der Waals surface area contributed by atoms with Crippen molar-refractivity contribution < 1.29 is 23.5 Å². The molecule has 34 heavy (non-hydrogen) atoms. The molecule has 8 heteroatoms. The predicted octanol–water partition coefficient (Wildman–Crippen LogP) is 4.73. The number of carbonyl (C=O) groups is 3. The number of nitrogens with zero attached hydrogens (tertiary/aromatic N) is 1. The minimum Gasteiger partial charge on any atom is -0.492 e. The Labute approximate surface area is 198 Å². The fraction of sp³-hybridized carbons (Fsp3) is 0.423. The summed E-state index contributed by atoms with van der Waals surface area (Å²) in [4.78, 5) is 39.7. The average molecular weight is 468 g/mol. The van der Waals surface area contributed by atoms with Gasteiger partial charge < -0.3 is 20.3 Å². The van der Waals surface area contributed by atoms with E-state index in [1.165, 1.54) is 18.2 Å². The van der Waals surface area contributed by atoms with Crippen LogP contribution in [0.4, 0.5) is 21.5 Å². The van der Waals surface area contributed by atoms with Crippen LogP contribution in [0.15, 0.2) is 42.5 Å². The third-order valence-corrected chi connectivity index (χ3v) is 6.42. The number of halogens is 1. The summed E-state index contributed by atoms with van der Waals surface area (Å²) in [5.41, 5.74) is 1.05. The Hall–Kier alpha value is -3.42. The summed E-state index contributed by atoms with van der Waals surface area (Å²) in [5.74, 6) is -1.32. The molecular formula is C26H30FN3O4. The fourth-order valence-electron chi connectivity index (χ4n) is 4.62. The molecule has 3 amide bonds. The predicted molar refractivity (Wildman–Crippen MR) is 128 cm³/mol. The molecule has 1 aliphatic carbocycles. The van der Waals surface area contributed by atoms with Crippen LogP contribution in [0.3, 0.4) is 0 Å². The zero-order valence-corrected chi connectivity index (χ0v) is 19.3. The second kappa shape index (κ2) is 10.7. The van der Waals surface area contributed by atoms with Gasteiger partial charge in [-0.2, -0.15) is 0 Å². The third-order valence-electron chi connectivity index (χ3n) is 6.42. The van der Waals surface area contributed by atoms with Gasteiger partial charge in [-0.3, -0.25) is 14.4 Å². The van der Waals surface area contributed by atoms with Crippen molar-refractivity contribution in [3.8, 4) is 5.75 Å². The summed E-state index contributed by atoms with van der Waals surface area (Å²) in [7, 11) is 0. The Morgan fingerprint density at radius 2 is 1.76 bits per heavy atom. The van der Waals surface area contributed by atoms with E-state index in [0.29, 0.717) is 23.7 Å². The molecule has 1 heterocycles. The highest BCUT2D eigenvalue weighted by Gasteiger charge is 2.36. The van der Waals surface area contributed by atoms with E-state index >= 15 is 0 Å². The van der Waals surface area contributed by atoms with Gasteiger partial charge in [-0.15, -0.1) is 0 Å². The highest BCUT2D eigenvalue weighted by atomic mass is 19.1. The minimum atomic E-state index is -0.562. The van der Waals surface area contributed by atoms with Crippen LogP contribution >= 0.6 is 0 Å². The summed E-state index contributed by atoms with van der Waals surface area (Å²) >= 11 is 0. The van der Waals surface area contributed by atoms with E-state index in [0.717, 1.165) is 32.1 Å². The molecule has 2 aromatic rings. The quantitative estimate of drug-likeness (QED) is 0.616. The molecule has 1 aliphatic heterocycles. The molecule has 180 valence electrons. The summed E-state index contributed by atoms with van der Waals surface area (Å²) in [6.07, 6.45) is 4.81. The van der Waals surface area contributed by atoms with Gasteiger partial charge in [-0.1, -0.05) is 31.4 Å². The lowest BCUT2D eigenvalue weighted by Crippen LogP contribution is -2.28. The molecule has 2 aliphatic rings. The number of benzene rings is 2. The lowest BCUT2D eigenvalue weighted by molar-refractivity contribution is -0.122. The molecule has 0 bridgehead atoms. The number of para-hydroxylation sites is 2. The summed E-state index contributed by atoms with van der Waals surface area (Å²) in [6, 6.07) is 11.3. The fourth-order valence-corrected chi connectivity index (χ4v) is 4.62. The van der Waals surface area contributed by atoms with Gasteiger partial charge >= 0.3 is 0 Å². The van der Waals surface area contributed by atoms with E-state index in [2.05, 4.69) is 10.6 Å². The van der Waals surface area contributed by atoms with Gasteiger partial charge in [0.25, 0.3) is 0 Å². The Morgan fingerprint density at radius 3 is 2.53 bits per heavy atom. The van der Waals surface area contributed by atoms with Crippen LogP contribution in [0, 0.1) is 17.7 Å². The van der Waals surface area contributed by atoms with Crippen LogP contribution in [0.25, 0.3) is 0 Å². The van der Waals surface area contributed by atoms with Gasteiger partial charge in [0.1, 0.15) is 11.6 Å². The van der Waals surface area contributed by atoms with Gasteiger partial charge in [-0.25, -0.2) is 4.39 Å². The third kappa shape index (κ3) is 5.38. The first-order valence-corrected chi connectivity index (χ1v) is 11.9. The first-order chi connectivity index (χ1) is 16.5. The maximum atomic E-state index is 14.3. The van der Waals surface area contributed by atoms with Crippen molar-refractivity contribution in [2.45, 2.75) is 45.4 Å². The van der Waals surface area contributed by atoms with Gasteiger partial charge in [0, 0.05) is 24.6 Å². The summed E-state index contributed by atoms with van der Waals surface area (Å²) < 4.78 is 20.0. The number of rotatable bonds is 7. The molecule has 1 unspecified atom stereocenters. The van der Waals surface area contributed by atoms with Crippen molar-refractivity contribution in [1.82, 2.24) is 0 Å². The topological polar surface area (TPSA) is 87.7 Å². The smallest absolute Gasteiger partial charge is 0.229 e. The van der Waals surface area contributed by atoms with E-state index in [9.17, 15) is 18.8 Å². The number of hydrogen-bond acceptors (Lipinski definition) is 4. The van der Waals surface area contributed by atoms with E-state index in [4.69, 9.17) is 4.74 Å². The lowest BCUT2D eigenvalue weighted by atomic mass is 9.88. The second-order valence-corrected chi connectivity index (χ2v) is 8.81. The average Bonchev–Trinajstić information content (AvgIpc) is 3.24. The minimum absolute atomic E-state index is 0.0446. The number of ether oxygens (including phenoxy) is 1. The Morgan fingerprint density at radius 1 is 1.03 bits per heavy atom. The van der Waals surface area contributed by atoms with Crippen molar-refractivity contribution in [3.63, 3.8) is 0 Å². The van der Waals surface area contributed by atoms with E-state index in [1.807, 2.05) is 19.1 Å². The van der Waals surface area contributed by atoms with Crippen LogP contribution in [0.5, 0.6) is 5.75 Å². The number of carbonyl (C=O) groups excluding carboxylic acids is 3. The van der Waals surface area contributed by atoms with Crippen LogP contribution < -0.4 is 20.3 Å². The number of nitrogens with one attached hydrogen (secondary N) is 2. The Kier molecular flexibility index (Phi) is 7.45. The largest absolute Gasteiger partial charge is 0.492 e. The molecule has 0 aromatic heterocycles.